The summed E-state index contributed by atoms with van der Waals surface area (Å²) in [5.41, 5.74) is -5.77. The van der Waals surface area contributed by atoms with Gasteiger partial charge in [-0.3, -0.25) is 0 Å². The number of imidazole rings is 1. The number of hydrogen-bond acceptors (Lipinski definition) is 6. The summed E-state index contributed by atoms with van der Waals surface area (Å²) in [6, 6.07) is 0. The number of halogens is 3. The molecular weight excluding hydrogens is 337 g/mol. The average molecular weight is 350 g/mol. The molecule has 0 radical (unpaired) electrons. The van der Waals surface area contributed by atoms with Gasteiger partial charge in [0.2, 0.25) is 0 Å². The Hall–Kier alpha value is -1.14. The van der Waals surface area contributed by atoms with Crippen molar-refractivity contribution < 1.29 is 33.6 Å². The van der Waals surface area contributed by atoms with Crippen LogP contribution in [-0.4, -0.2) is 37.6 Å². The first kappa shape index (κ1) is 17.9. The molecule has 122 valence electrons. The molecule has 0 aliphatic heterocycles. The second-order valence-electron chi connectivity index (χ2n) is 4.14. The minimum absolute atomic E-state index is 0.0530. The summed E-state index contributed by atoms with van der Waals surface area (Å²) in [5.74, 6) is -0.150. The molecule has 0 unspecified atom stereocenters. The van der Waals surface area contributed by atoms with E-state index in [0.29, 0.717) is 18.7 Å². The van der Waals surface area contributed by atoms with Crippen LogP contribution in [0.25, 0.3) is 0 Å². The monoisotopic (exact) mass is 350 g/mol. The van der Waals surface area contributed by atoms with Gasteiger partial charge in [0.15, 0.2) is 0 Å². The lowest BCUT2D eigenvalue weighted by Gasteiger charge is -2.08. The zero-order valence-corrected chi connectivity index (χ0v) is 12.5. The van der Waals surface area contributed by atoms with Gasteiger partial charge in [-0.25, -0.2) is 4.98 Å². The maximum Gasteiger partial charge on any atom is 0.524 e. The van der Waals surface area contributed by atoms with Gasteiger partial charge in [-0.05, 0) is 12.8 Å². The highest BCUT2D eigenvalue weighted by molar-refractivity contribution is 8.00. The highest BCUT2D eigenvalue weighted by Crippen LogP contribution is 2.26. The molecule has 0 amide bonds. The quantitative estimate of drug-likeness (QED) is 0.536. The first-order valence-electron chi connectivity index (χ1n) is 5.66. The molecule has 0 bridgehead atoms. The van der Waals surface area contributed by atoms with Crippen LogP contribution in [-0.2, 0) is 37.3 Å². The predicted octanol–water partition coefficient (Wildman–Crippen LogP) is 0.939. The van der Waals surface area contributed by atoms with Gasteiger partial charge in [0.1, 0.15) is 5.82 Å². The van der Waals surface area contributed by atoms with Gasteiger partial charge in [-0.2, -0.15) is 30.0 Å². The molecule has 0 aliphatic rings. The molecule has 0 aliphatic carbocycles. The SMILES string of the molecule is Cn1ccnc1CCCCS(=O)(=O)OS(=O)(=O)C(F)(F)F. The van der Waals surface area contributed by atoms with Crippen LogP contribution in [0.1, 0.15) is 18.7 Å². The minimum atomic E-state index is -6.15. The van der Waals surface area contributed by atoms with Gasteiger partial charge < -0.3 is 4.57 Å². The van der Waals surface area contributed by atoms with E-state index in [2.05, 4.69) is 8.61 Å². The molecule has 12 heteroatoms. The van der Waals surface area contributed by atoms with E-state index in [0.717, 1.165) is 0 Å². The van der Waals surface area contributed by atoms with Crippen LogP contribution >= 0.6 is 0 Å². The highest BCUT2D eigenvalue weighted by Gasteiger charge is 2.50. The molecule has 1 heterocycles. The number of aromatic nitrogens is 2. The number of alkyl halides is 3. The van der Waals surface area contributed by atoms with Gasteiger partial charge in [0.25, 0.3) is 10.1 Å². The van der Waals surface area contributed by atoms with Crippen molar-refractivity contribution in [1.29, 1.82) is 0 Å². The van der Waals surface area contributed by atoms with Crippen molar-refractivity contribution in [2.24, 2.45) is 7.05 Å². The molecule has 0 saturated carbocycles. The third kappa shape index (κ3) is 5.28. The summed E-state index contributed by atoms with van der Waals surface area (Å²) < 4.78 is 84.5. The molecule has 7 nitrogen and oxygen atoms in total. The molecule has 0 saturated heterocycles. The maximum absolute atomic E-state index is 12.0. The average Bonchev–Trinajstić information content (AvgIpc) is 2.67. The fourth-order valence-corrected chi connectivity index (χ4v) is 3.64. The Bertz CT molecular complexity index is 678. The number of nitrogens with zero attached hydrogens (tertiary/aromatic N) is 2. The first-order chi connectivity index (χ1) is 9.45. The normalized spacial score (nSPS) is 13.5. The molecule has 1 aromatic heterocycles. The van der Waals surface area contributed by atoms with E-state index in [1.165, 1.54) is 0 Å². The van der Waals surface area contributed by atoms with Crippen LogP contribution in [0.5, 0.6) is 0 Å². The minimum Gasteiger partial charge on any atom is -0.338 e. The van der Waals surface area contributed by atoms with E-state index >= 15 is 0 Å². The van der Waals surface area contributed by atoms with Gasteiger partial charge in [0, 0.05) is 25.9 Å². The summed E-state index contributed by atoms with van der Waals surface area (Å²) in [6.45, 7) is 0. The summed E-state index contributed by atoms with van der Waals surface area (Å²) >= 11 is 0. The summed E-state index contributed by atoms with van der Waals surface area (Å²) in [5, 5.41) is 0. The lowest BCUT2D eigenvalue weighted by Crippen LogP contribution is -2.29. The van der Waals surface area contributed by atoms with E-state index < -0.39 is 31.5 Å². The molecular formula is C9H13F3N2O5S2. The number of aryl methyl sites for hydroxylation is 2. The topological polar surface area (TPSA) is 95.3 Å². The predicted molar refractivity (Wildman–Crippen MR) is 66.0 cm³/mol. The molecule has 21 heavy (non-hydrogen) atoms. The number of unbranched alkanes of at least 4 members (excludes halogenated alkanes) is 1. The Morgan fingerprint density at radius 2 is 1.86 bits per heavy atom. The zero-order chi connectivity index (χ0) is 16.3. The molecule has 0 spiro atoms. The summed E-state index contributed by atoms with van der Waals surface area (Å²) in [7, 11) is -9.22. The van der Waals surface area contributed by atoms with Gasteiger partial charge in [-0.15, -0.1) is 3.63 Å². The molecule has 0 N–H and O–H groups in total. The van der Waals surface area contributed by atoms with Crippen molar-refractivity contribution in [3.05, 3.63) is 18.2 Å². The van der Waals surface area contributed by atoms with Gasteiger partial charge in [0.05, 0.1) is 5.75 Å². The summed E-state index contributed by atoms with van der Waals surface area (Å²) in [6.07, 6.45) is 3.89. The van der Waals surface area contributed by atoms with Crippen molar-refractivity contribution in [2.45, 2.75) is 24.8 Å². The van der Waals surface area contributed by atoms with Crippen LogP contribution in [0.2, 0.25) is 0 Å². The Morgan fingerprint density at radius 3 is 2.33 bits per heavy atom. The van der Waals surface area contributed by atoms with Crippen LogP contribution < -0.4 is 0 Å². The number of hydrogen-bond donors (Lipinski definition) is 0. The standard InChI is InChI=1S/C9H13F3N2O5S2/c1-14-6-5-13-8(14)4-2-3-7-20(15,16)19-21(17,18)9(10,11)12/h5-6H,2-4,7H2,1H3. The van der Waals surface area contributed by atoms with Crippen molar-refractivity contribution in [3.8, 4) is 0 Å². The van der Waals surface area contributed by atoms with Crippen LogP contribution in [0.3, 0.4) is 0 Å². The van der Waals surface area contributed by atoms with E-state index in [9.17, 15) is 30.0 Å². The molecule has 1 rings (SSSR count). The van der Waals surface area contributed by atoms with Crippen LogP contribution in [0, 0.1) is 0 Å². The first-order valence-corrected chi connectivity index (χ1v) is 8.64. The smallest absolute Gasteiger partial charge is 0.338 e. The van der Waals surface area contributed by atoms with Crippen LogP contribution in [0.15, 0.2) is 12.4 Å². The highest BCUT2D eigenvalue weighted by atomic mass is 32.3. The largest absolute Gasteiger partial charge is 0.524 e. The molecule has 1 aromatic rings. The van der Waals surface area contributed by atoms with Crippen molar-refractivity contribution in [1.82, 2.24) is 9.55 Å². The van der Waals surface area contributed by atoms with Crippen LogP contribution in [0.4, 0.5) is 13.2 Å². The summed E-state index contributed by atoms with van der Waals surface area (Å²) in [4.78, 5) is 3.98. The fraction of sp³-hybridized carbons (Fsp3) is 0.667. The second-order valence-corrected chi connectivity index (χ2v) is 7.58. The Balaban J connectivity index is 2.49. The van der Waals surface area contributed by atoms with E-state index in [1.54, 1.807) is 24.0 Å². The Morgan fingerprint density at radius 1 is 1.24 bits per heavy atom. The van der Waals surface area contributed by atoms with Crippen molar-refractivity contribution in [3.63, 3.8) is 0 Å². The molecule has 0 atom stereocenters. The third-order valence-corrected chi connectivity index (χ3v) is 5.34. The van der Waals surface area contributed by atoms with Crippen molar-refractivity contribution in [2.75, 3.05) is 5.75 Å². The van der Waals surface area contributed by atoms with Gasteiger partial charge in [-0.1, -0.05) is 0 Å². The zero-order valence-electron chi connectivity index (χ0n) is 10.9. The van der Waals surface area contributed by atoms with Gasteiger partial charge >= 0.3 is 15.6 Å². The Labute approximate surface area is 120 Å². The number of rotatable bonds is 7. The van der Waals surface area contributed by atoms with E-state index in [1.807, 2.05) is 0 Å². The van der Waals surface area contributed by atoms with Crippen molar-refractivity contribution >= 4 is 20.2 Å². The van der Waals surface area contributed by atoms with E-state index in [-0.39, 0.29) is 6.42 Å². The Kier molecular flexibility index (Phi) is 5.39. The lowest BCUT2D eigenvalue weighted by molar-refractivity contribution is -0.0498. The lowest BCUT2D eigenvalue weighted by atomic mass is 10.2. The van der Waals surface area contributed by atoms with E-state index in [4.69, 9.17) is 0 Å². The fourth-order valence-electron chi connectivity index (χ4n) is 1.41. The maximum atomic E-state index is 12.0. The third-order valence-electron chi connectivity index (χ3n) is 2.44. The molecule has 0 aromatic carbocycles. The second kappa shape index (κ2) is 6.32. The molecule has 0 fully saturated rings.